The highest BCUT2D eigenvalue weighted by Crippen LogP contribution is 2.07. The summed E-state index contributed by atoms with van der Waals surface area (Å²) in [6.45, 7) is 6.47. The highest BCUT2D eigenvalue weighted by Gasteiger charge is 1.90. The molecule has 0 aliphatic heterocycles. The summed E-state index contributed by atoms with van der Waals surface area (Å²) in [5.74, 6) is 0.130. The number of hydrogen-bond acceptors (Lipinski definition) is 3. The van der Waals surface area contributed by atoms with Crippen molar-refractivity contribution in [1.29, 1.82) is 0 Å². The fourth-order valence-corrected chi connectivity index (χ4v) is 0.876. The van der Waals surface area contributed by atoms with Crippen LogP contribution in [0.3, 0.4) is 0 Å². The average molecular weight is 199 g/mol. The molecule has 0 aliphatic rings. The molecule has 0 saturated carbocycles. The van der Waals surface area contributed by atoms with Crippen LogP contribution in [0.4, 0.5) is 0 Å². The molecule has 0 bridgehead atoms. The van der Waals surface area contributed by atoms with Crippen molar-refractivity contribution in [3.8, 4) is 5.88 Å². The second-order valence-corrected chi connectivity index (χ2v) is 2.58. The summed E-state index contributed by atoms with van der Waals surface area (Å²) < 4.78 is 6.17. The van der Waals surface area contributed by atoms with Crippen LogP contribution in [0.25, 0.3) is 0 Å². The van der Waals surface area contributed by atoms with Crippen molar-refractivity contribution in [3.63, 3.8) is 0 Å². The SMILES string of the molecule is CCOC(C)=O.CCn1cccc1O. The molecule has 0 aromatic carbocycles. The van der Waals surface area contributed by atoms with Gasteiger partial charge in [-0.2, -0.15) is 0 Å². The molecule has 4 heteroatoms. The molecule has 1 aromatic rings. The molecule has 0 amide bonds. The Morgan fingerprint density at radius 2 is 2.21 bits per heavy atom. The largest absolute Gasteiger partial charge is 0.494 e. The summed E-state index contributed by atoms with van der Waals surface area (Å²) in [5, 5.41) is 8.91. The number of esters is 1. The van der Waals surface area contributed by atoms with E-state index in [1.54, 1.807) is 17.6 Å². The predicted octanol–water partition coefficient (Wildman–Crippen LogP) is 1.78. The van der Waals surface area contributed by atoms with E-state index in [1.807, 2.05) is 19.2 Å². The molecule has 4 nitrogen and oxygen atoms in total. The lowest BCUT2D eigenvalue weighted by Gasteiger charge is -1.95. The maximum atomic E-state index is 9.82. The molecule has 0 atom stereocenters. The summed E-state index contributed by atoms with van der Waals surface area (Å²) in [5.41, 5.74) is 0. The third-order valence-electron chi connectivity index (χ3n) is 1.49. The van der Waals surface area contributed by atoms with E-state index in [0.29, 0.717) is 12.5 Å². The van der Waals surface area contributed by atoms with Gasteiger partial charge in [-0.05, 0) is 26.0 Å². The standard InChI is InChI=1S/C6H9NO.C4H8O2/c1-2-7-5-3-4-6(7)8;1-3-6-4(2)5/h3-5,8H,2H2,1H3;3H2,1-2H3. The Morgan fingerprint density at radius 3 is 2.36 bits per heavy atom. The lowest BCUT2D eigenvalue weighted by atomic mass is 10.7. The minimum Gasteiger partial charge on any atom is -0.494 e. The monoisotopic (exact) mass is 199 g/mol. The fraction of sp³-hybridized carbons (Fsp3) is 0.500. The molecule has 1 rings (SSSR count). The van der Waals surface area contributed by atoms with E-state index >= 15 is 0 Å². The smallest absolute Gasteiger partial charge is 0.302 e. The molecule has 0 saturated heterocycles. The van der Waals surface area contributed by atoms with Gasteiger partial charge in [0.2, 0.25) is 0 Å². The van der Waals surface area contributed by atoms with E-state index in [0.717, 1.165) is 6.54 Å². The molecule has 14 heavy (non-hydrogen) atoms. The minimum atomic E-state index is -0.211. The third-order valence-corrected chi connectivity index (χ3v) is 1.49. The van der Waals surface area contributed by atoms with Gasteiger partial charge in [-0.1, -0.05) is 0 Å². The summed E-state index contributed by atoms with van der Waals surface area (Å²) in [7, 11) is 0. The van der Waals surface area contributed by atoms with Crippen LogP contribution in [0.2, 0.25) is 0 Å². The predicted molar refractivity (Wildman–Crippen MR) is 54.1 cm³/mol. The summed E-state index contributed by atoms with van der Waals surface area (Å²) in [4.78, 5) is 9.82. The molecule has 1 N–H and O–H groups in total. The van der Waals surface area contributed by atoms with Crippen molar-refractivity contribution >= 4 is 5.97 Å². The quantitative estimate of drug-likeness (QED) is 0.739. The number of nitrogens with zero attached hydrogens (tertiary/aromatic N) is 1. The van der Waals surface area contributed by atoms with Crippen LogP contribution >= 0.6 is 0 Å². The number of aromatic nitrogens is 1. The molecule has 0 fully saturated rings. The van der Waals surface area contributed by atoms with Crippen molar-refractivity contribution in [2.24, 2.45) is 0 Å². The Labute approximate surface area is 84.1 Å². The maximum absolute atomic E-state index is 9.82. The number of ether oxygens (including phenoxy) is 1. The Bertz CT molecular complexity index is 268. The van der Waals surface area contributed by atoms with Gasteiger partial charge >= 0.3 is 5.97 Å². The molecule has 0 unspecified atom stereocenters. The van der Waals surface area contributed by atoms with Crippen molar-refractivity contribution in [1.82, 2.24) is 4.57 Å². The highest BCUT2D eigenvalue weighted by molar-refractivity contribution is 5.65. The number of aryl methyl sites for hydroxylation is 1. The molecular formula is C10H17NO3. The van der Waals surface area contributed by atoms with E-state index in [1.165, 1.54) is 6.92 Å². The lowest BCUT2D eigenvalue weighted by Crippen LogP contribution is -1.95. The maximum Gasteiger partial charge on any atom is 0.302 e. The van der Waals surface area contributed by atoms with E-state index in [4.69, 9.17) is 5.11 Å². The van der Waals surface area contributed by atoms with Gasteiger partial charge in [0.05, 0.1) is 6.61 Å². The minimum absolute atomic E-state index is 0.211. The van der Waals surface area contributed by atoms with Crippen LogP contribution < -0.4 is 0 Å². The van der Waals surface area contributed by atoms with Crippen molar-refractivity contribution in [2.75, 3.05) is 6.61 Å². The Kier molecular flexibility index (Phi) is 6.28. The zero-order chi connectivity index (χ0) is 11.0. The number of hydrogen-bond donors (Lipinski definition) is 1. The molecule has 0 aliphatic carbocycles. The molecule has 80 valence electrons. The van der Waals surface area contributed by atoms with E-state index < -0.39 is 0 Å². The number of aromatic hydroxyl groups is 1. The van der Waals surface area contributed by atoms with Crippen molar-refractivity contribution in [3.05, 3.63) is 18.3 Å². The Morgan fingerprint density at radius 1 is 1.57 bits per heavy atom. The van der Waals surface area contributed by atoms with E-state index in [2.05, 4.69) is 4.74 Å². The first-order chi connectivity index (χ1) is 6.61. The summed E-state index contributed by atoms with van der Waals surface area (Å²) >= 11 is 0. The van der Waals surface area contributed by atoms with Gasteiger partial charge in [0, 0.05) is 19.7 Å². The second-order valence-electron chi connectivity index (χ2n) is 2.58. The second kappa shape index (κ2) is 7.00. The first kappa shape index (κ1) is 12.6. The molecular weight excluding hydrogens is 182 g/mol. The zero-order valence-corrected chi connectivity index (χ0v) is 8.86. The Balaban J connectivity index is 0.000000255. The van der Waals surface area contributed by atoms with Gasteiger partial charge in [-0.3, -0.25) is 4.79 Å². The van der Waals surface area contributed by atoms with Gasteiger partial charge < -0.3 is 14.4 Å². The van der Waals surface area contributed by atoms with Crippen molar-refractivity contribution < 1.29 is 14.6 Å². The third kappa shape index (κ3) is 5.24. The van der Waals surface area contributed by atoms with E-state index in [9.17, 15) is 4.79 Å². The molecule has 1 heterocycles. The van der Waals surface area contributed by atoms with Gasteiger partial charge in [0.15, 0.2) is 5.88 Å². The summed E-state index contributed by atoms with van der Waals surface area (Å²) in [6.07, 6.45) is 1.84. The Hall–Kier alpha value is -1.45. The first-order valence-corrected chi connectivity index (χ1v) is 4.59. The van der Waals surface area contributed by atoms with Crippen LogP contribution in [0.1, 0.15) is 20.8 Å². The topological polar surface area (TPSA) is 51.5 Å². The first-order valence-electron chi connectivity index (χ1n) is 4.59. The van der Waals surface area contributed by atoms with Crippen LogP contribution in [-0.2, 0) is 16.1 Å². The van der Waals surface area contributed by atoms with E-state index in [-0.39, 0.29) is 5.97 Å². The average Bonchev–Trinajstić information content (AvgIpc) is 2.51. The van der Waals surface area contributed by atoms with Gasteiger partial charge in [0.25, 0.3) is 0 Å². The van der Waals surface area contributed by atoms with Gasteiger partial charge in [0.1, 0.15) is 0 Å². The number of rotatable bonds is 2. The van der Waals surface area contributed by atoms with Crippen LogP contribution in [0, 0.1) is 0 Å². The van der Waals surface area contributed by atoms with Crippen LogP contribution in [-0.4, -0.2) is 22.2 Å². The number of carbonyl (C=O) groups excluding carboxylic acids is 1. The fourth-order valence-electron chi connectivity index (χ4n) is 0.876. The molecule has 0 radical (unpaired) electrons. The van der Waals surface area contributed by atoms with Gasteiger partial charge in [-0.25, -0.2) is 0 Å². The van der Waals surface area contributed by atoms with Crippen molar-refractivity contribution in [2.45, 2.75) is 27.3 Å². The normalized spacial score (nSPS) is 8.79. The zero-order valence-electron chi connectivity index (χ0n) is 8.86. The number of carbonyl (C=O) groups is 1. The molecule has 1 aromatic heterocycles. The highest BCUT2D eigenvalue weighted by atomic mass is 16.5. The summed E-state index contributed by atoms with van der Waals surface area (Å²) in [6, 6.07) is 3.49. The molecule has 0 spiro atoms. The lowest BCUT2D eigenvalue weighted by molar-refractivity contribution is -0.140. The van der Waals surface area contributed by atoms with Crippen LogP contribution in [0.15, 0.2) is 18.3 Å². The van der Waals surface area contributed by atoms with Gasteiger partial charge in [-0.15, -0.1) is 0 Å². The van der Waals surface area contributed by atoms with Crippen LogP contribution in [0.5, 0.6) is 5.88 Å².